The third-order valence-electron chi connectivity index (χ3n) is 4.57. The van der Waals surface area contributed by atoms with Crippen molar-refractivity contribution >= 4 is 28.2 Å². The monoisotopic (exact) mass is 390 g/mol. The summed E-state index contributed by atoms with van der Waals surface area (Å²) in [5, 5.41) is 21.6. The molecule has 1 aliphatic heterocycles. The highest BCUT2D eigenvalue weighted by Gasteiger charge is 2.24. The summed E-state index contributed by atoms with van der Waals surface area (Å²) in [6.07, 6.45) is 1.06. The van der Waals surface area contributed by atoms with Gasteiger partial charge < -0.3 is 14.2 Å². The van der Waals surface area contributed by atoms with Crippen LogP contribution in [0, 0.1) is 6.92 Å². The van der Waals surface area contributed by atoms with E-state index < -0.39 is 0 Å². The van der Waals surface area contributed by atoms with Crippen molar-refractivity contribution in [3.05, 3.63) is 16.7 Å². The Morgan fingerprint density at radius 2 is 1.93 bits per heavy atom. The number of nitrogens with zero attached hydrogens (tertiary/aromatic N) is 8. The summed E-state index contributed by atoms with van der Waals surface area (Å²) >= 11 is 1.48. The van der Waals surface area contributed by atoms with Crippen molar-refractivity contribution in [1.82, 2.24) is 34.9 Å². The van der Waals surface area contributed by atoms with E-state index in [2.05, 4.69) is 25.5 Å². The zero-order chi connectivity index (χ0) is 19.0. The maximum Gasteiger partial charge on any atom is 0.318 e. The summed E-state index contributed by atoms with van der Waals surface area (Å²) in [4.78, 5) is 17.2. The molecule has 3 aromatic heterocycles. The lowest BCUT2D eigenvalue weighted by molar-refractivity contribution is -0.131. The van der Waals surface area contributed by atoms with Gasteiger partial charge in [-0.3, -0.25) is 4.79 Å². The number of fused-ring (bicyclic) bond motifs is 1. The van der Waals surface area contributed by atoms with E-state index in [1.54, 1.807) is 4.52 Å². The molecule has 0 aromatic carbocycles. The quantitative estimate of drug-likeness (QED) is 0.641. The van der Waals surface area contributed by atoms with Crippen LogP contribution in [0.1, 0.15) is 42.9 Å². The number of carbonyl (C=O) groups is 1. The van der Waals surface area contributed by atoms with Crippen molar-refractivity contribution in [1.29, 1.82) is 0 Å². The first kappa shape index (κ1) is 17.8. The second-order valence-corrected chi connectivity index (χ2v) is 7.92. The second kappa shape index (κ2) is 7.22. The normalized spacial score (nSPS) is 15.3. The minimum Gasteiger partial charge on any atom is -0.408 e. The van der Waals surface area contributed by atoms with Crippen LogP contribution < -0.4 is 4.90 Å². The van der Waals surface area contributed by atoms with Crippen LogP contribution in [0.5, 0.6) is 0 Å². The summed E-state index contributed by atoms with van der Waals surface area (Å²) in [5.41, 5.74) is 0. The predicted molar refractivity (Wildman–Crippen MR) is 98.9 cm³/mol. The molecule has 0 bridgehead atoms. The Morgan fingerprint density at radius 1 is 1.15 bits per heavy atom. The lowest BCUT2D eigenvalue weighted by Gasteiger charge is -2.33. The number of amides is 1. The molecule has 4 rings (SSSR count). The molecule has 10 nitrogen and oxygen atoms in total. The fourth-order valence-electron chi connectivity index (χ4n) is 2.96. The Bertz CT molecular complexity index is 937. The molecule has 0 saturated carbocycles. The van der Waals surface area contributed by atoms with Gasteiger partial charge in [-0.05, 0) is 6.92 Å². The van der Waals surface area contributed by atoms with Crippen LogP contribution in [-0.2, 0) is 11.2 Å². The lowest BCUT2D eigenvalue weighted by atomic mass is 10.2. The first-order valence-corrected chi connectivity index (χ1v) is 9.86. The molecular weight excluding hydrogens is 368 g/mol. The molecule has 0 radical (unpaired) electrons. The van der Waals surface area contributed by atoms with Gasteiger partial charge in [0.15, 0.2) is 5.82 Å². The number of aromatic nitrogens is 6. The molecule has 0 N–H and O–H groups in total. The number of carbonyl (C=O) groups excluding carboxylic acids is 1. The molecule has 144 valence electrons. The standard InChI is InChI=1S/C16H22N8O2S/c1-10(2)14-18-19-15(26-14)23-8-6-22(7-9-23)13(25)5-4-12-21-24-11(3)17-20-16(24)27-12/h10H,4-9H2,1-3H3. The molecule has 27 heavy (non-hydrogen) atoms. The maximum absolute atomic E-state index is 12.5. The van der Waals surface area contributed by atoms with Crippen LogP contribution >= 0.6 is 11.3 Å². The third kappa shape index (κ3) is 3.64. The highest BCUT2D eigenvalue weighted by Crippen LogP contribution is 2.20. The van der Waals surface area contributed by atoms with Gasteiger partial charge in [0.1, 0.15) is 5.01 Å². The van der Waals surface area contributed by atoms with E-state index in [9.17, 15) is 4.79 Å². The summed E-state index contributed by atoms with van der Waals surface area (Å²) < 4.78 is 7.42. The van der Waals surface area contributed by atoms with Crippen molar-refractivity contribution in [2.24, 2.45) is 0 Å². The molecule has 0 aliphatic carbocycles. The summed E-state index contributed by atoms with van der Waals surface area (Å²) in [6.45, 7) is 8.60. The van der Waals surface area contributed by atoms with Crippen LogP contribution in [-0.4, -0.2) is 67.0 Å². The molecule has 1 amide bonds. The number of piperazine rings is 1. The largest absolute Gasteiger partial charge is 0.408 e. The van der Waals surface area contributed by atoms with E-state index in [1.807, 2.05) is 30.6 Å². The van der Waals surface area contributed by atoms with Crippen molar-refractivity contribution in [2.75, 3.05) is 31.1 Å². The van der Waals surface area contributed by atoms with Gasteiger partial charge in [-0.15, -0.1) is 15.3 Å². The Morgan fingerprint density at radius 3 is 2.59 bits per heavy atom. The maximum atomic E-state index is 12.5. The fourth-order valence-corrected chi connectivity index (χ4v) is 3.84. The Hall–Kier alpha value is -2.56. The molecule has 1 aliphatic rings. The smallest absolute Gasteiger partial charge is 0.318 e. The first-order valence-electron chi connectivity index (χ1n) is 9.05. The Labute approximate surface area is 160 Å². The van der Waals surface area contributed by atoms with E-state index in [-0.39, 0.29) is 11.8 Å². The number of hydrogen-bond acceptors (Lipinski definition) is 9. The van der Waals surface area contributed by atoms with Crippen molar-refractivity contribution < 1.29 is 9.21 Å². The SMILES string of the molecule is Cc1nnc2sc(CCC(=O)N3CCN(c4nnc(C(C)C)o4)CC3)nn12. The lowest BCUT2D eigenvalue weighted by Crippen LogP contribution is -2.49. The number of anilines is 1. The Kier molecular flexibility index (Phi) is 4.77. The number of rotatable bonds is 5. The fraction of sp³-hybridized carbons (Fsp3) is 0.625. The van der Waals surface area contributed by atoms with Gasteiger partial charge in [-0.25, -0.2) is 0 Å². The predicted octanol–water partition coefficient (Wildman–Crippen LogP) is 1.28. The molecule has 11 heteroatoms. The van der Waals surface area contributed by atoms with E-state index >= 15 is 0 Å². The van der Waals surface area contributed by atoms with E-state index in [0.29, 0.717) is 50.9 Å². The highest BCUT2D eigenvalue weighted by atomic mass is 32.1. The van der Waals surface area contributed by atoms with Gasteiger partial charge in [-0.2, -0.15) is 9.61 Å². The minimum absolute atomic E-state index is 0.144. The molecule has 4 heterocycles. The van der Waals surface area contributed by atoms with Gasteiger partial charge in [-0.1, -0.05) is 30.3 Å². The third-order valence-corrected chi connectivity index (χ3v) is 5.53. The van der Waals surface area contributed by atoms with Crippen LogP contribution in [0.2, 0.25) is 0 Å². The van der Waals surface area contributed by atoms with Crippen LogP contribution in [0.4, 0.5) is 6.01 Å². The van der Waals surface area contributed by atoms with Crippen LogP contribution in [0.3, 0.4) is 0 Å². The van der Waals surface area contributed by atoms with E-state index in [1.165, 1.54) is 11.3 Å². The van der Waals surface area contributed by atoms with E-state index in [0.717, 1.165) is 15.8 Å². The zero-order valence-electron chi connectivity index (χ0n) is 15.6. The molecule has 1 fully saturated rings. The summed E-state index contributed by atoms with van der Waals surface area (Å²) in [5.74, 6) is 1.76. The molecule has 0 unspecified atom stereocenters. The van der Waals surface area contributed by atoms with Crippen LogP contribution in [0.25, 0.3) is 4.96 Å². The van der Waals surface area contributed by atoms with Crippen molar-refractivity contribution in [3.63, 3.8) is 0 Å². The number of aryl methyl sites for hydroxylation is 2. The van der Waals surface area contributed by atoms with Crippen LogP contribution in [0.15, 0.2) is 4.42 Å². The first-order chi connectivity index (χ1) is 13.0. The van der Waals surface area contributed by atoms with Gasteiger partial charge in [0.25, 0.3) is 0 Å². The van der Waals surface area contributed by atoms with Gasteiger partial charge >= 0.3 is 6.01 Å². The summed E-state index contributed by atoms with van der Waals surface area (Å²) in [6, 6.07) is 0.543. The van der Waals surface area contributed by atoms with Gasteiger partial charge in [0, 0.05) is 44.9 Å². The molecular formula is C16H22N8O2S. The van der Waals surface area contributed by atoms with Crippen molar-refractivity contribution in [3.8, 4) is 0 Å². The highest BCUT2D eigenvalue weighted by molar-refractivity contribution is 7.16. The number of hydrogen-bond donors (Lipinski definition) is 0. The zero-order valence-corrected chi connectivity index (χ0v) is 16.4. The van der Waals surface area contributed by atoms with Gasteiger partial charge in [0.05, 0.1) is 0 Å². The van der Waals surface area contributed by atoms with Gasteiger partial charge in [0.2, 0.25) is 16.8 Å². The molecule has 0 atom stereocenters. The Balaban J connectivity index is 1.29. The van der Waals surface area contributed by atoms with E-state index in [4.69, 9.17) is 4.42 Å². The molecule has 3 aromatic rings. The second-order valence-electron chi connectivity index (χ2n) is 6.88. The van der Waals surface area contributed by atoms with Crippen molar-refractivity contribution in [2.45, 2.75) is 39.5 Å². The molecule has 1 saturated heterocycles. The topological polar surface area (TPSA) is 106 Å². The summed E-state index contributed by atoms with van der Waals surface area (Å²) in [7, 11) is 0. The average molecular weight is 390 g/mol. The minimum atomic E-state index is 0.144. The molecule has 0 spiro atoms. The average Bonchev–Trinajstić information content (AvgIpc) is 3.37.